The number of likely N-dealkylation sites (tertiary alicyclic amines) is 1. The fourth-order valence-corrected chi connectivity index (χ4v) is 2.61. The summed E-state index contributed by atoms with van der Waals surface area (Å²) in [6.07, 6.45) is 0. The summed E-state index contributed by atoms with van der Waals surface area (Å²) < 4.78 is 3.09. The van der Waals surface area contributed by atoms with Gasteiger partial charge < -0.3 is 4.90 Å². The molecule has 1 aromatic heterocycles. The van der Waals surface area contributed by atoms with Gasteiger partial charge in [-0.05, 0) is 25.2 Å². The maximum atomic E-state index is 4.21. The van der Waals surface area contributed by atoms with Gasteiger partial charge in [0.1, 0.15) is 5.52 Å². The van der Waals surface area contributed by atoms with Crippen molar-refractivity contribution < 1.29 is 0 Å². The lowest BCUT2D eigenvalue weighted by atomic mass is 10.0. The summed E-state index contributed by atoms with van der Waals surface area (Å²) in [7, 11) is 2.15. The Balaban J connectivity index is 1.89. The number of hydrogen-bond acceptors (Lipinski definition) is 3. The Kier molecular flexibility index (Phi) is 2.44. The van der Waals surface area contributed by atoms with Crippen LogP contribution in [0.15, 0.2) is 22.7 Å². The van der Waals surface area contributed by atoms with E-state index >= 15 is 0 Å². The molecule has 0 amide bonds. The van der Waals surface area contributed by atoms with E-state index in [2.05, 4.69) is 44.3 Å². The predicted octanol–water partition coefficient (Wildman–Crippen LogP) is 1.76. The second-order valence-corrected chi connectivity index (χ2v) is 5.41. The summed E-state index contributed by atoms with van der Waals surface area (Å²) >= 11 is 3.48. The number of hydrogen-bond donors (Lipinski definition) is 0. The van der Waals surface area contributed by atoms with E-state index in [1.165, 1.54) is 0 Å². The summed E-state index contributed by atoms with van der Waals surface area (Å²) in [5.74, 6) is 0.717. The molecule has 1 saturated heterocycles. The number of nitrogens with zero attached hydrogens (tertiary/aromatic N) is 4. The van der Waals surface area contributed by atoms with Crippen LogP contribution >= 0.6 is 15.9 Å². The Morgan fingerprint density at radius 3 is 3.00 bits per heavy atom. The van der Waals surface area contributed by atoms with Crippen LogP contribution in [0.4, 0.5) is 0 Å². The Morgan fingerprint density at radius 2 is 2.25 bits per heavy atom. The van der Waals surface area contributed by atoms with Gasteiger partial charge >= 0.3 is 0 Å². The normalized spacial score (nSPS) is 17.9. The van der Waals surface area contributed by atoms with Gasteiger partial charge in [0.05, 0.1) is 5.52 Å². The van der Waals surface area contributed by atoms with Crippen molar-refractivity contribution in [2.75, 3.05) is 20.1 Å². The summed E-state index contributed by atoms with van der Waals surface area (Å²) in [5.41, 5.74) is 2.08. The fraction of sp³-hybridized carbons (Fsp3) is 0.455. The predicted molar refractivity (Wildman–Crippen MR) is 66.2 cm³/mol. The monoisotopic (exact) mass is 280 g/mol. The molecule has 0 atom stereocenters. The molecule has 0 bridgehead atoms. The zero-order valence-corrected chi connectivity index (χ0v) is 10.7. The average molecular weight is 281 g/mol. The first-order valence-corrected chi connectivity index (χ1v) is 6.19. The van der Waals surface area contributed by atoms with Gasteiger partial charge in [-0.15, -0.1) is 5.10 Å². The molecule has 0 N–H and O–H groups in total. The smallest absolute Gasteiger partial charge is 0.113 e. The van der Waals surface area contributed by atoms with Crippen molar-refractivity contribution in [2.45, 2.75) is 6.54 Å². The third-order valence-corrected chi connectivity index (χ3v) is 3.54. The molecule has 0 spiro atoms. The highest BCUT2D eigenvalue weighted by Crippen LogP contribution is 2.20. The molecule has 2 heterocycles. The highest BCUT2D eigenvalue weighted by molar-refractivity contribution is 9.10. The molecule has 16 heavy (non-hydrogen) atoms. The van der Waals surface area contributed by atoms with Crippen molar-refractivity contribution >= 4 is 27.0 Å². The molecule has 0 unspecified atom stereocenters. The minimum absolute atomic E-state index is 0.717. The molecule has 3 rings (SSSR count). The Morgan fingerprint density at radius 1 is 1.44 bits per heavy atom. The Bertz CT molecular complexity index is 516. The van der Waals surface area contributed by atoms with Crippen molar-refractivity contribution in [1.82, 2.24) is 19.9 Å². The van der Waals surface area contributed by atoms with E-state index in [9.17, 15) is 0 Å². The van der Waals surface area contributed by atoms with E-state index in [1.807, 2.05) is 16.8 Å². The standard InChI is InChI=1S/C11H13BrN4/c1-15-5-8(6-15)7-16-11-4-9(12)2-3-10(11)13-14-16/h2-4,8H,5-7H2,1H3. The van der Waals surface area contributed by atoms with Crippen LogP contribution in [0.25, 0.3) is 11.0 Å². The first kappa shape index (κ1) is 10.2. The van der Waals surface area contributed by atoms with Gasteiger partial charge in [0.2, 0.25) is 0 Å². The van der Waals surface area contributed by atoms with Crippen molar-refractivity contribution in [3.8, 4) is 0 Å². The number of rotatable bonds is 2. The van der Waals surface area contributed by atoms with Gasteiger partial charge in [0.15, 0.2) is 0 Å². The molecule has 1 aliphatic rings. The number of aromatic nitrogens is 3. The number of fused-ring (bicyclic) bond motifs is 1. The molecule has 4 nitrogen and oxygen atoms in total. The van der Waals surface area contributed by atoms with E-state index in [0.717, 1.165) is 35.1 Å². The average Bonchev–Trinajstić information content (AvgIpc) is 2.59. The minimum Gasteiger partial charge on any atom is -0.306 e. The van der Waals surface area contributed by atoms with Crippen LogP contribution in [-0.2, 0) is 6.54 Å². The lowest BCUT2D eigenvalue weighted by Gasteiger charge is -2.35. The summed E-state index contributed by atoms with van der Waals surface area (Å²) in [5, 5.41) is 8.38. The van der Waals surface area contributed by atoms with Gasteiger partial charge in [0.25, 0.3) is 0 Å². The van der Waals surface area contributed by atoms with Gasteiger partial charge in [-0.2, -0.15) is 0 Å². The molecular weight excluding hydrogens is 268 g/mol. The van der Waals surface area contributed by atoms with Crippen molar-refractivity contribution in [2.24, 2.45) is 5.92 Å². The molecule has 2 aromatic rings. The summed E-state index contributed by atoms with van der Waals surface area (Å²) in [6, 6.07) is 6.08. The second kappa shape index (κ2) is 3.82. The molecule has 5 heteroatoms. The van der Waals surface area contributed by atoms with Crippen molar-refractivity contribution in [3.05, 3.63) is 22.7 Å². The molecule has 1 fully saturated rings. The van der Waals surface area contributed by atoms with Gasteiger partial charge in [-0.1, -0.05) is 21.1 Å². The van der Waals surface area contributed by atoms with Gasteiger partial charge in [0, 0.05) is 30.0 Å². The van der Waals surface area contributed by atoms with Crippen LogP contribution in [0.1, 0.15) is 0 Å². The molecular formula is C11H13BrN4. The van der Waals surface area contributed by atoms with E-state index in [-0.39, 0.29) is 0 Å². The number of halogens is 1. The third-order valence-electron chi connectivity index (χ3n) is 3.05. The minimum atomic E-state index is 0.717. The molecule has 1 aromatic carbocycles. The molecule has 0 aliphatic carbocycles. The first-order valence-electron chi connectivity index (χ1n) is 5.39. The van der Waals surface area contributed by atoms with E-state index < -0.39 is 0 Å². The second-order valence-electron chi connectivity index (χ2n) is 4.49. The third kappa shape index (κ3) is 1.74. The SMILES string of the molecule is CN1CC(Cn2nnc3ccc(Br)cc32)C1. The zero-order valence-electron chi connectivity index (χ0n) is 9.10. The summed E-state index contributed by atoms with van der Waals surface area (Å²) in [4.78, 5) is 2.32. The summed E-state index contributed by atoms with van der Waals surface area (Å²) in [6.45, 7) is 3.29. The van der Waals surface area contributed by atoms with E-state index in [1.54, 1.807) is 0 Å². The topological polar surface area (TPSA) is 34.0 Å². The van der Waals surface area contributed by atoms with E-state index in [4.69, 9.17) is 0 Å². The van der Waals surface area contributed by atoms with E-state index in [0.29, 0.717) is 5.92 Å². The molecule has 0 radical (unpaired) electrons. The van der Waals surface area contributed by atoms with Gasteiger partial charge in [-0.3, -0.25) is 0 Å². The zero-order chi connectivity index (χ0) is 11.1. The molecule has 0 saturated carbocycles. The van der Waals surface area contributed by atoms with Crippen LogP contribution in [0.2, 0.25) is 0 Å². The Hall–Kier alpha value is -0.940. The van der Waals surface area contributed by atoms with Crippen LogP contribution < -0.4 is 0 Å². The Labute approximate surface area is 102 Å². The quantitative estimate of drug-likeness (QED) is 0.841. The highest BCUT2D eigenvalue weighted by Gasteiger charge is 2.24. The first-order chi connectivity index (χ1) is 7.72. The van der Waals surface area contributed by atoms with Crippen molar-refractivity contribution in [1.29, 1.82) is 0 Å². The van der Waals surface area contributed by atoms with Crippen LogP contribution in [0.3, 0.4) is 0 Å². The van der Waals surface area contributed by atoms with Crippen LogP contribution in [0, 0.1) is 5.92 Å². The maximum Gasteiger partial charge on any atom is 0.113 e. The fourth-order valence-electron chi connectivity index (χ4n) is 2.26. The van der Waals surface area contributed by atoms with Crippen LogP contribution in [0.5, 0.6) is 0 Å². The number of benzene rings is 1. The van der Waals surface area contributed by atoms with Gasteiger partial charge in [-0.25, -0.2) is 4.68 Å². The lowest BCUT2D eigenvalue weighted by molar-refractivity contribution is 0.116. The van der Waals surface area contributed by atoms with Crippen LogP contribution in [-0.4, -0.2) is 40.0 Å². The van der Waals surface area contributed by atoms with Crippen molar-refractivity contribution in [3.63, 3.8) is 0 Å². The maximum absolute atomic E-state index is 4.21. The highest BCUT2D eigenvalue weighted by atomic mass is 79.9. The lowest BCUT2D eigenvalue weighted by Crippen LogP contribution is -2.45. The largest absolute Gasteiger partial charge is 0.306 e. The molecule has 1 aliphatic heterocycles. The molecule has 84 valence electrons.